The Bertz CT molecular complexity index is 2300. The van der Waals surface area contributed by atoms with E-state index in [9.17, 15) is 76.0 Å². The third-order valence-electron chi connectivity index (χ3n) is 21.4. The van der Waals surface area contributed by atoms with Crippen molar-refractivity contribution in [3.63, 3.8) is 0 Å². The minimum absolute atomic E-state index is 0.138. The van der Waals surface area contributed by atoms with Crippen molar-refractivity contribution in [3.05, 3.63) is 11.6 Å². The SMILES string of the molecule is CC(=O)O[C@H]1C[C@@]2(C)[C@@H](CC[C@]3(C)[C@@H]2CC=C2[C@@H]4CC(C)(C)CC[C@]4(C(=O)O[C@@H]4O[C@H](CO[C@@H]5O[C@H](CO)[C@@H](O)[C@H](O)[C@H]5O)[C@@H](O)[C@H](O)[C@H]4O[C@@H]4O[C@@H](C)[C@H](O[C@@H]5OC[C@@H](O)[C@H](O)[C@H]5O)[C@@H](O)[C@H]4O)CC[C@]23C)[C@](C)(C(=O)O)[C@H]1O. The van der Waals surface area contributed by atoms with Gasteiger partial charge in [-0.05, 0) is 111 Å². The monoisotopic (exact) mass is 1150 g/mol. The molecule has 4 saturated heterocycles. The zero-order valence-corrected chi connectivity index (χ0v) is 46.6. The van der Waals surface area contributed by atoms with Crippen LogP contribution in [0.5, 0.6) is 0 Å². The molecule has 9 aliphatic rings. The van der Waals surface area contributed by atoms with Crippen LogP contribution in [0.25, 0.3) is 0 Å². The molecule has 29 atom stereocenters. The van der Waals surface area contributed by atoms with Crippen LogP contribution in [0.15, 0.2) is 11.6 Å². The Labute approximate surface area is 464 Å². The van der Waals surface area contributed by atoms with Crippen LogP contribution in [0.2, 0.25) is 0 Å². The predicted octanol–water partition coefficient (Wildman–Crippen LogP) is -1.76. The number of carboxylic acids is 1. The average molecular weight is 1150 g/mol. The second kappa shape index (κ2) is 22.3. The lowest BCUT2D eigenvalue weighted by molar-refractivity contribution is -0.377. The Morgan fingerprint density at radius 1 is 0.650 bits per heavy atom. The van der Waals surface area contributed by atoms with Crippen molar-refractivity contribution in [2.45, 2.75) is 242 Å². The molecule has 0 aromatic rings. The van der Waals surface area contributed by atoms with Crippen molar-refractivity contribution in [2.75, 3.05) is 19.8 Å². The number of ether oxygens (including phenoxy) is 9. The lowest BCUT2D eigenvalue weighted by Crippen LogP contribution is -2.69. The van der Waals surface area contributed by atoms with E-state index in [1.54, 1.807) is 6.92 Å². The van der Waals surface area contributed by atoms with E-state index in [1.165, 1.54) is 13.8 Å². The summed E-state index contributed by atoms with van der Waals surface area (Å²) >= 11 is 0. The molecule has 0 spiro atoms. The van der Waals surface area contributed by atoms with Gasteiger partial charge in [-0.3, -0.25) is 14.4 Å². The van der Waals surface area contributed by atoms with Crippen LogP contribution >= 0.6 is 0 Å². The van der Waals surface area contributed by atoms with E-state index in [0.717, 1.165) is 5.57 Å². The van der Waals surface area contributed by atoms with E-state index in [0.29, 0.717) is 51.4 Å². The molecule has 80 heavy (non-hydrogen) atoms. The number of carbonyl (C=O) groups is 3. The van der Waals surface area contributed by atoms with E-state index in [2.05, 4.69) is 40.7 Å². The van der Waals surface area contributed by atoms with E-state index >= 15 is 4.79 Å². The lowest BCUT2D eigenvalue weighted by Gasteiger charge is -2.71. The summed E-state index contributed by atoms with van der Waals surface area (Å²) in [6, 6.07) is 0. The fraction of sp³-hybridized carbons (Fsp3) is 0.909. The number of aliphatic carboxylic acids is 1. The standard InChI is InChI=1S/C55H86O25/c1-22-41(78-45-38(65)32(59)26(58)20-72-45)37(64)40(67)46(74-22)79-42-36(63)34(61)29(21-73-44-39(66)35(62)33(60)28(19-56)76-44)77-47(42)80-49(71)55-15-13-50(3,4)17-25(55)24-9-10-30-51(5)18-27(75-23(2)57)43(68)54(8,48(69)70)31(51)11-12-53(30,7)52(24,6)14-16-55/h9,22,25-47,56,58-68H,10-21H2,1-8H3,(H,69,70)/t22-,25-,26+,27-,28+,29+,30+,31+,32-,33+,34+,35-,36-,37-,38+,39+,40+,41-,42+,43-,44+,45-,46-,47-,51+,52+,53+,54-,55-/m0/s1. The molecule has 8 fully saturated rings. The fourth-order valence-electron chi connectivity index (χ4n) is 16.4. The maximum atomic E-state index is 15.7. The number of aliphatic hydroxyl groups is 12. The van der Waals surface area contributed by atoms with Crippen molar-refractivity contribution in [1.29, 1.82) is 0 Å². The number of allylic oxidation sites excluding steroid dienone is 2. The van der Waals surface area contributed by atoms with Crippen molar-refractivity contribution in [2.24, 2.45) is 50.2 Å². The fourth-order valence-corrected chi connectivity index (χ4v) is 16.4. The summed E-state index contributed by atoms with van der Waals surface area (Å²) in [7, 11) is 0. The summed E-state index contributed by atoms with van der Waals surface area (Å²) in [6.45, 7) is 13.1. The van der Waals surface area contributed by atoms with Gasteiger partial charge in [0.1, 0.15) is 91.6 Å². The molecule has 0 aromatic heterocycles. The van der Waals surface area contributed by atoms with Gasteiger partial charge in [0.15, 0.2) is 25.0 Å². The Morgan fingerprint density at radius 2 is 1.26 bits per heavy atom. The highest BCUT2D eigenvalue weighted by molar-refractivity contribution is 5.79. The van der Waals surface area contributed by atoms with Crippen molar-refractivity contribution >= 4 is 17.9 Å². The van der Waals surface area contributed by atoms with E-state index in [4.69, 9.17) is 42.6 Å². The van der Waals surface area contributed by atoms with Gasteiger partial charge in [-0.2, -0.15) is 0 Å². The van der Waals surface area contributed by atoms with Crippen molar-refractivity contribution in [3.8, 4) is 0 Å². The topological polar surface area (TPSA) is 397 Å². The Hall–Kier alpha value is -2.61. The average Bonchev–Trinajstić information content (AvgIpc) is 3.35. The van der Waals surface area contributed by atoms with Crippen molar-refractivity contribution < 1.29 is 123 Å². The number of rotatable bonds is 12. The van der Waals surface area contributed by atoms with Crippen LogP contribution in [0.1, 0.15) is 113 Å². The first kappa shape index (κ1) is 61.9. The molecule has 4 aliphatic heterocycles. The summed E-state index contributed by atoms with van der Waals surface area (Å²) in [5, 5.41) is 141. The summed E-state index contributed by atoms with van der Waals surface area (Å²) in [4.78, 5) is 41.4. The van der Waals surface area contributed by atoms with Gasteiger partial charge in [0.25, 0.3) is 0 Å². The number of carboxylic acid groups (broad SMARTS) is 1. The first-order valence-electron chi connectivity index (χ1n) is 28.2. The molecule has 0 amide bonds. The third-order valence-corrected chi connectivity index (χ3v) is 21.4. The summed E-state index contributed by atoms with van der Waals surface area (Å²) in [5.41, 5.74) is -3.83. The molecule has 456 valence electrons. The van der Waals surface area contributed by atoms with Crippen LogP contribution in [0, 0.1) is 50.2 Å². The number of esters is 2. The van der Waals surface area contributed by atoms with Crippen LogP contribution in [-0.4, -0.2) is 233 Å². The molecular formula is C55H86O25. The number of fused-ring (bicyclic) bond motifs is 7. The first-order chi connectivity index (χ1) is 37.3. The van der Waals surface area contributed by atoms with E-state index in [-0.39, 0.29) is 17.8 Å². The predicted molar refractivity (Wildman–Crippen MR) is 268 cm³/mol. The zero-order valence-electron chi connectivity index (χ0n) is 46.6. The number of carbonyl (C=O) groups excluding carboxylic acids is 2. The molecule has 4 heterocycles. The molecule has 4 saturated carbocycles. The zero-order chi connectivity index (χ0) is 58.7. The van der Waals surface area contributed by atoms with Gasteiger partial charge >= 0.3 is 17.9 Å². The molecule has 0 unspecified atom stereocenters. The maximum Gasteiger partial charge on any atom is 0.315 e. The number of hydrogen-bond donors (Lipinski definition) is 13. The normalized spacial score (nSPS) is 52.9. The van der Waals surface area contributed by atoms with Gasteiger partial charge in [-0.1, -0.05) is 46.3 Å². The molecule has 9 rings (SSSR count). The molecule has 0 aromatic carbocycles. The maximum absolute atomic E-state index is 15.7. The van der Waals surface area contributed by atoms with Gasteiger partial charge in [0, 0.05) is 6.92 Å². The second-order valence-corrected chi connectivity index (χ2v) is 26.4. The highest BCUT2D eigenvalue weighted by Gasteiger charge is 2.73. The summed E-state index contributed by atoms with van der Waals surface area (Å²) in [6.07, 6.45) is -28.8. The Balaban J connectivity index is 1.02. The van der Waals surface area contributed by atoms with Crippen molar-refractivity contribution in [1.82, 2.24) is 0 Å². The molecule has 5 aliphatic carbocycles. The second-order valence-electron chi connectivity index (χ2n) is 26.4. The van der Waals surface area contributed by atoms with Gasteiger partial charge in [0.2, 0.25) is 6.29 Å². The van der Waals surface area contributed by atoms with Gasteiger partial charge in [0.05, 0.1) is 36.8 Å². The molecule has 0 bridgehead atoms. The molecule has 25 heteroatoms. The van der Waals surface area contributed by atoms with Gasteiger partial charge < -0.3 is 109 Å². The van der Waals surface area contributed by atoms with Crippen LogP contribution in [0.4, 0.5) is 0 Å². The summed E-state index contributed by atoms with van der Waals surface area (Å²) in [5.74, 6) is -3.56. The van der Waals surface area contributed by atoms with Gasteiger partial charge in [-0.15, -0.1) is 0 Å². The number of hydrogen-bond acceptors (Lipinski definition) is 24. The minimum atomic E-state index is -2.03. The van der Waals surface area contributed by atoms with Crippen LogP contribution in [0.3, 0.4) is 0 Å². The third kappa shape index (κ3) is 10.1. The molecule has 0 radical (unpaired) electrons. The Morgan fingerprint density at radius 3 is 1.93 bits per heavy atom. The first-order valence-corrected chi connectivity index (χ1v) is 28.2. The number of aliphatic hydroxyl groups excluding tert-OH is 12. The lowest BCUT2D eigenvalue weighted by atomic mass is 9.33. The quantitative estimate of drug-likeness (QED) is 0.0760. The Kier molecular flexibility index (Phi) is 17.3. The van der Waals surface area contributed by atoms with Crippen LogP contribution < -0.4 is 0 Å². The smallest absolute Gasteiger partial charge is 0.315 e. The highest BCUT2D eigenvalue weighted by atomic mass is 16.8. The largest absolute Gasteiger partial charge is 0.481 e. The molecule has 25 nitrogen and oxygen atoms in total. The van der Waals surface area contributed by atoms with Crippen LogP contribution in [-0.2, 0) is 57.0 Å². The molecular weight excluding hydrogens is 1060 g/mol. The molecule has 13 N–H and O–H groups in total. The minimum Gasteiger partial charge on any atom is -0.481 e. The van der Waals surface area contributed by atoms with Gasteiger partial charge in [-0.25, -0.2) is 0 Å². The summed E-state index contributed by atoms with van der Waals surface area (Å²) < 4.78 is 53.0. The van der Waals surface area contributed by atoms with E-state index < -0.39 is 206 Å². The highest BCUT2D eigenvalue weighted by Crippen LogP contribution is 2.76. The van der Waals surface area contributed by atoms with E-state index in [1.807, 2.05) is 0 Å².